The molecule has 0 bridgehead atoms. The summed E-state index contributed by atoms with van der Waals surface area (Å²) in [4.78, 5) is -3.26. The van der Waals surface area contributed by atoms with Crippen molar-refractivity contribution in [3.05, 3.63) is 141 Å². The number of sulfonamides is 4. The van der Waals surface area contributed by atoms with Gasteiger partial charge in [0.15, 0.2) is 21.2 Å². The van der Waals surface area contributed by atoms with Crippen LogP contribution in [0.1, 0.15) is 27.8 Å². The van der Waals surface area contributed by atoms with E-state index in [0.717, 1.165) is 48.5 Å². The minimum Gasteiger partial charge on any atom is -0.265 e. The summed E-state index contributed by atoms with van der Waals surface area (Å²) in [5.74, 6) is 0. The first-order chi connectivity index (χ1) is 25.0. The molecule has 5 aromatic rings. The van der Waals surface area contributed by atoms with Gasteiger partial charge < -0.3 is 0 Å². The van der Waals surface area contributed by atoms with E-state index in [2.05, 4.69) is 0 Å². The van der Waals surface area contributed by atoms with Gasteiger partial charge in [0.2, 0.25) is 0 Å². The Morgan fingerprint density at radius 1 is 0.426 bits per heavy atom. The average molecular weight is 935 g/mol. The van der Waals surface area contributed by atoms with Gasteiger partial charge in [-0.1, -0.05) is 70.8 Å². The zero-order valence-corrected chi connectivity index (χ0v) is 34.0. The number of rotatable bonds is 11. The topological polar surface area (TPSA) is 160 Å². The summed E-state index contributed by atoms with van der Waals surface area (Å²) in [7, 11) is -22.7. The molecule has 0 amide bonds. The molecule has 0 aliphatic heterocycles. The molecule has 11 nitrogen and oxygen atoms in total. The van der Waals surface area contributed by atoms with Crippen LogP contribution in [0.3, 0.4) is 0 Å². The molecule has 0 aliphatic carbocycles. The molecule has 5 aromatic carbocycles. The molecule has 0 N–H and O–H groups in total. The number of alkyl halides is 3. The lowest BCUT2D eigenvalue weighted by Crippen LogP contribution is -2.43. The summed E-state index contributed by atoms with van der Waals surface area (Å²) in [6.45, 7) is 6.27. The molecule has 0 unspecified atom stereocenters. The largest absolute Gasteiger partial charge is 0.418 e. The molecule has 0 radical (unpaired) electrons. The Balaban J connectivity index is 2.08. The first-order valence-corrected chi connectivity index (χ1v) is 23.2. The lowest BCUT2D eigenvalue weighted by molar-refractivity contribution is -0.136. The molecule has 0 saturated carbocycles. The van der Waals surface area contributed by atoms with E-state index in [4.69, 9.17) is 0 Å². The molecule has 0 saturated heterocycles. The van der Waals surface area contributed by atoms with Gasteiger partial charge in [0, 0.05) is 0 Å². The molecule has 0 fully saturated rings. The lowest BCUT2D eigenvalue weighted by Gasteiger charge is -2.33. The second-order valence-electron chi connectivity index (χ2n) is 12.0. The summed E-state index contributed by atoms with van der Waals surface area (Å²) in [5, 5.41) is 0. The first kappa shape index (κ1) is 41.0. The van der Waals surface area contributed by atoms with Crippen molar-refractivity contribution >= 4 is 72.7 Å². The third-order valence-corrected chi connectivity index (χ3v) is 17.7. The fraction of sp³-hybridized carbons (Fsp3) is 0.143. The Hall–Kier alpha value is -4.18. The lowest BCUT2D eigenvalue weighted by atomic mass is 10.1. The number of halogens is 4. The molecule has 0 heterocycles. The van der Waals surface area contributed by atoms with Crippen LogP contribution < -0.4 is 7.42 Å². The third kappa shape index (κ3) is 7.68. The normalized spacial score (nSPS) is 12.7. The monoisotopic (exact) mass is 934 g/mol. The van der Waals surface area contributed by atoms with Gasteiger partial charge in [-0.15, -0.1) is 0 Å². The SMILES string of the molecule is Cc1ccc(S(=O)(=O)N(c2c(I=O)ccc(C(F)(F)F)c2N(S(=O)(=O)c2ccc(C)cc2)S(=O)(=O)c2ccc(C)cc2)S(=O)(=O)c2ccc(C)cc2)cc1. The van der Waals surface area contributed by atoms with Crippen molar-refractivity contribution in [2.45, 2.75) is 53.5 Å². The highest BCUT2D eigenvalue weighted by atomic mass is 127. The molecule has 19 heteroatoms. The van der Waals surface area contributed by atoms with Crippen molar-refractivity contribution in [1.29, 1.82) is 0 Å². The Morgan fingerprint density at radius 3 is 0.926 bits per heavy atom. The van der Waals surface area contributed by atoms with Crippen molar-refractivity contribution < 1.29 is 49.9 Å². The molecule has 286 valence electrons. The van der Waals surface area contributed by atoms with Crippen LogP contribution in [0.15, 0.2) is 129 Å². The van der Waals surface area contributed by atoms with Gasteiger partial charge in [-0.05, 0) is 88.4 Å². The number of hydrogen-bond acceptors (Lipinski definition) is 9. The van der Waals surface area contributed by atoms with E-state index < -0.39 is 115 Å². The van der Waals surface area contributed by atoms with Gasteiger partial charge in [-0.25, -0.2) is 33.7 Å². The fourth-order valence-electron chi connectivity index (χ4n) is 5.17. The van der Waals surface area contributed by atoms with E-state index in [1.54, 1.807) is 27.7 Å². The van der Waals surface area contributed by atoms with Crippen LogP contribution in [0.2, 0.25) is 0 Å². The van der Waals surface area contributed by atoms with E-state index in [9.17, 15) is 36.7 Å². The van der Waals surface area contributed by atoms with Gasteiger partial charge in [0.1, 0.15) is 11.4 Å². The quantitative estimate of drug-likeness (QED) is 0.122. The van der Waals surface area contributed by atoms with Crippen LogP contribution in [0, 0.1) is 31.3 Å². The van der Waals surface area contributed by atoms with Crippen LogP contribution in [0.25, 0.3) is 0 Å². The molecular formula is C35H30F3IN2O9S4. The smallest absolute Gasteiger partial charge is 0.265 e. The minimum absolute atomic E-state index is 0.225. The maximum absolute atomic E-state index is 15.3. The molecule has 0 spiro atoms. The molecule has 5 rings (SSSR count). The van der Waals surface area contributed by atoms with Crippen LogP contribution in [0.4, 0.5) is 24.5 Å². The van der Waals surface area contributed by atoms with Crippen molar-refractivity contribution in [3.63, 3.8) is 0 Å². The van der Waals surface area contributed by atoms with E-state index in [1.165, 1.54) is 48.5 Å². The van der Waals surface area contributed by atoms with E-state index in [-0.39, 0.29) is 6.07 Å². The minimum atomic E-state index is -5.74. The maximum atomic E-state index is 15.3. The molecule has 0 aliphatic rings. The predicted molar refractivity (Wildman–Crippen MR) is 203 cm³/mol. The Bertz CT molecular complexity index is 2540. The Labute approximate surface area is 321 Å². The highest BCUT2D eigenvalue weighted by Crippen LogP contribution is 2.51. The number of aryl methyl sites for hydroxylation is 4. The highest BCUT2D eigenvalue weighted by Gasteiger charge is 2.50. The van der Waals surface area contributed by atoms with E-state index in [1.807, 2.05) is 0 Å². The zero-order valence-electron chi connectivity index (χ0n) is 28.6. The van der Waals surface area contributed by atoms with Crippen LogP contribution in [-0.4, -0.2) is 33.7 Å². The zero-order chi connectivity index (χ0) is 40.0. The van der Waals surface area contributed by atoms with Crippen molar-refractivity contribution in [2.75, 3.05) is 7.42 Å². The summed E-state index contributed by atoms with van der Waals surface area (Å²) in [6, 6.07) is 18.3. The molecule has 54 heavy (non-hydrogen) atoms. The Kier molecular flexibility index (Phi) is 11.2. The maximum Gasteiger partial charge on any atom is 0.418 e. The second-order valence-corrected chi connectivity index (χ2v) is 21.2. The molecular weight excluding hydrogens is 905 g/mol. The standard InChI is InChI=1S/C35H30F3IN2O9S4/c1-23-5-13-27(14-6-23)51(43,44)40(52(45,46)28-15-7-24(2)8-16-28)33-31(35(36,37)38)21-22-32(39-42)34(33)41(53(47,48)29-17-9-25(3)10-18-29)54(49,50)30-19-11-26(4)12-20-30/h5-22H,1-4H3. The van der Waals surface area contributed by atoms with Gasteiger partial charge in [0.25, 0.3) is 40.1 Å². The number of nitrogens with zero attached hydrogens (tertiary/aromatic N) is 2. The van der Waals surface area contributed by atoms with Crippen LogP contribution >= 0.6 is 21.2 Å². The number of anilines is 2. The highest BCUT2D eigenvalue weighted by molar-refractivity contribution is 14.1. The van der Waals surface area contributed by atoms with Crippen molar-refractivity contribution in [2.24, 2.45) is 0 Å². The summed E-state index contributed by atoms with van der Waals surface area (Å²) in [6.07, 6.45) is -5.67. The average Bonchev–Trinajstić information content (AvgIpc) is 3.08. The molecule has 0 atom stereocenters. The predicted octanol–water partition coefficient (Wildman–Crippen LogP) is 7.59. The van der Waals surface area contributed by atoms with Crippen molar-refractivity contribution in [1.82, 2.24) is 0 Å². The number of benzene rings is 5. The van der Waals surface area contributed by atoms with E-state index >= 15 is 13.2 Å². The van der Waals surface area contributed by atoms with E-state index in [0.29, 0.717) is 28.3 Å². The fourth-order valence-corrected chi connectivity index (χ4v) is 14.0. The van der Waals surface area contributed by atoms with Gasteiger partial charge in [-0.2, -0.15) is 20.6 Å². The summed E-state index contributed by atoms with van der Waals surface area (Å²) >= 11 is -2.88. The van der Waals surface area contributed by atoms with Crippen molar-refractivity contribution in [3.8, 4) is 0 Å². The van der Waals surface area contributed by atoms with Crippen LogP contribution in [0.5, 0.6) is 0 Å². The Morgan fingerprint density at radius 2 is 0.685 bits per heavy atom. The molecule has 0 aromatic heterocycles. The second kappa shape index (κ2) is 14.8. The van der Waals surface area contributed by atoms with Gasteiger partial charge in [-0.3, -0.25) is 3.07 Å². The third-order valence-electron chi connectivity index (χ3n) is 8.00. The van der Waals surface area contributed by atoms with Crippen LogP contribution in [-0.2, 0) is 49.3 Å². The van der Waals surface area contributed by atoms with Gasteiger partial charge in [0.05, 0.1) is 28.7 Å². The number of hydrogen-bond donors (Lipinski definition) is 0. The summed E-state index contributed by atoms with van der Waals surface area (Å²) in [5.41, 5.74) is -3.62. The van der Waals surface area contributed by atoms with Gasteiger partial charge >= 0.3 is 6.18 Å². The first-order valence-electron chi connectivity index (χ1n) is 15.4. The summed E-state index contributed by atoms with van der Waals surface area (Å²) < 4.78 is 175.